The van der Waals surface area contributed by atoms with Crippen LogP contribution in [0.25, 0.3) is 0 Å². The van der Waals surface area contributed by atoms with E-state index in [4.69, 9.17) is 16.3 Å². The number of ether oxygens (including phenoxy) is 1. The van der Waals surface area contributed by atoms with E-state index in [1.165, 1.54) is 0 Å². The highest BCUT2D eigenvalue weighted by molar-refractivity contribution is 6.28. The zero-order chi connectivity index (χ0) is 13.6. The summed E-state index contributed by atoms with van der Waals surface area (Å²) in [5.41, 5.74) is -0.286. The van der Waals surface area contributed by atoms with E-state index in [-0.39, 0.29) is 10.9 Å². The van der Waals surface area contributed by atoms with Crippen molar-refractivity contribution in [2.45, 2.75) is 33.3 Å². The van der Waals surface area contributed by atoms with Gasteiger partial charge in [0.05, 0.1) is 5.60 Å². The summed E-state index contributed by atoms with van der Waals surface area (Å²) < 4.78 is 5.58. The SMILES string of the molecule is CCNc1nc(Cl)nc(NCC(C)(C)OCC)n1. The van der Waals surface area contributed by atoms with E-state index < -0.39 is 0 Å². The van der Waals surface area contributed by atoms with Crippen molar-refractivity contribution in [2.75, 3.05) is 30.3 Å². The molecule has 0 amide bonds. The van der Waals surface area contributed by atoms with Crippen LogP contribution < -0.4 is 10.6 Å². The first-order valence-electron chi connectivity index (χ1n) is 6.00. The van der Waals surface area contributed by atoms with E-state index in [0.29, 0.717) is 25.0 Å². The average molecular weight is 274 g/mol. The van der Waals surface area contributed by atoms with Crippen molar-refractivity contribution in [3.63, 3.8) is 0 Å². The van der Waals surface area contributed by atoms with Gasteiger partial charge in [-0.1, -0.05) is 0 Å². The molecule has 1 aromatic rings. The van der Waals surface area contributed by atoms with Crippen molar-refractivity contribution in [2.24, 2.45) is 0 Å². The Morgan fingerprint density at radius 2 is 1.72 bits per heavy atom. The molecule has 0 saturated heterocycles. The highest BCUT2D eigenvalue weighted by atomic mass is 35.5. The summed E-state index contributed by atoms with van der Waals surface area (Å²) in [7, 11) is 0. The maximum atomic E-state index is 5.82. The Morgan fingerprint density at radius 3 is 2.28 bits per heavy atom. The van der Waals surface area contributed by atoms with E-state index in [1.807, 2.05) is 27.7 Å². The second-order valence-corrected chi connectivity index (χ2v) is 4.67. The zero-order valence-corrected chi connectivity index (χ0v) is 12.0. The van der Waals surface area contributed by atoms with Crippen LogP contribution in [0, 0.1) is 0 Å². The van der Waals surface area contributed by atoms with Crippen LogP contribution in [0.3, 0.4) is 0 Å². The molecule has 7 heteroatoms. The van der Waals surface area contributed by atoms with Crippen molar-refractivity contribution < 1.29 is 4.74 Å². The van der Waals surface area contributed by atoms with Crippen LogP contribution in [0.5, 0.6) is 0 Å². The van der Waals surface area contributed by atoms with E-state index in [1.54, 1.807) is 0 Å². The van der Waals surface area contributed by atoms with Crippen molar-refractivity contribution in [3.05, 3.63) is 5.28 Å². The molecule has 1 aromatic heterocycles. The summed E-state index contributed by atoms with van der Waals surface area (Å²) >= 11 is 5.82. The molecule has 1 heterocycles. The molecule has 0 fully saturated rings. The first kappa shape index (κ1) is 14.9. The van der Waals surface area contributed by atoms with Gasteiger partial charge in [0.2, 0.25) is 17.2 Å². The van der Waals surface area contributed by atoms with Gasteiger partial charge in [-0.2, -0.15) is 15.0 Å². The molecule has 0 atom stereocenters. The maximum absolute atomic E-state index is 5.82. The number of hydrogen-bond donors (Lipinski definition) is 2. The Balaban J connectivity index is 2.66. The molecule has 0 saturated carbocycles. The third-order valence-corrected chi connectivity index (χ3v) is 2.32. The predicted molar refractivity (Wildman–Crippen MR) is 73.2 cm³/mol. The molecular weight excluding hydrogens is 254 g/mol. The first-order chi connectivity index (χ1) is 8.46. The van der Waals surface area contributed by atoms with Gasteiger partial charge < -0.3 is 15.4 Å². The molecule has 102 valence electrons. The third kappa shape index (κ3) is 5.01. The van der Waals surface area contributed by atoms with Gasteiger partial charge in [0.25, 0.3) is 0 Å². The topological polar surface area (TPSA) is 72.0 Å². The molecule has 0 spiro atoms. The summed E-state index contributed by atoms with van der Waals surface area (Å²) in [4.78, 5) is 12.2. The van der Waals surface area contributed by atoms with Crippen LogP contribution in [-0.2, 0) is 4.74 Å². The first-order valence-corrected chi connectivity index (χ1v) is 6.38. The monoisotopic (exact) mass is 273 g/mol. The van der Waals surface area contributed by atoms with Gasteiger partial charge >= 0.3 is 0 Å². The van der Waals surface area contributed by atoms with Crippen molar-refractivity contribution in [1.82, 2.24) is 15.0 Å². The van der Waals surface area contributed by atoms with E-state index >= 15 is 0 Å². The smallest absolute Gasteiger partial charge is 0.228 e. The van der Waals surface area contributed by atoms with Gasteiger partial charge in [-0.25, -0.2) is 0 Å². The Morgan fingerprint density at radius 1 is 1.11 bits per heavy atom. The minimum atomic E-state index is -0.286. The van der Waals surface area contributed by atoms with Gasteiger partial charge in [0.1, 0.15) is 0 Å². The lowest BCUT2D eigenvalue weighted by Crippen LogP contribution is -2.33. The van der Waals surface area contributed by atoms with Gasteiger partial charge in [-0.3, -0.25) is 0 Å². The molecule has 0 bridgehead atoms. The molecule has 18 heavy (non-hydrogen) atoms. The number of hydrogen-bond acceptors (Lipinski definition) is 6. The number of nitrogens with zero attached hydrogens (tertiary/aromatic N) is 3. The van der Waals surface area contributed by atoms with Gasteiger partial charge in [-0.15, -0.1) is 0 Å². The highest BCUT2D eigenvalue weighted by Crippen LogP contribution is 2.13. The summed E-state index contributed by atoms with van der Waals surface area (Å²) in [6, 6.07) is 0. The zero-order valence-electron chi connectivity index (χ0n) is 11.2. The van der Waals surface area contributed by atoms with Gasteiger partial charge in [0.15, 0.2) is 0 Å². The second kappa shape index (κ2) is 6.70. The van der Waals surface area contributed by atoms with Gasteiger partial charge in [0, 0.05) is 19.7 Å². The fourth-order valence-electron chi connectivity index (χ4n) is 1.40. The van der Waals surface area contributed by atoms with Crippen molar-refractivity contribution >= 4 is 23.5 Å². The van der Waals surface area contributed by atoms with Crippen LogP contribution in [0.2, 0.25) is 5.28 Å². The second-order valence-electron chi connectivity index (χ2n) is 4.33. The van der Waals surface area contributed by atoms with E-state index in [9.17, 15) is 0 Å². The quantitative estimate of drug-likeness (QED) is 0.793. The Bertz CT molecular complexity index is 386. The standard InChI is InChI=1S/C11H20ClN5O/c1-5-13-9-15-8(12)16-10(17-9)14-7-11(3,4)18-6-2/h5-7H2,1-4H3,(H2,13,14,15,16,17). The minimum Gasteiger partial charge on any atom is -0.374 e. The minimum absolute atomic E-state index is 0.165. The summed E-state index contributed by atoms with van der Waals surface area (Å²) in [5, 5.41) is 6.26. The van der Waals surface area contributed by atoms with Crippen LogP contribution in [0.1, 0.15) is 27.7 Å². The van der Waals surface area contributed by atoms with Crippen LogP contribution in [-0.4, -0.2) is 40.2 Å². The molecule has 2 N–H and O–H groups in total. The molecule has 1 rings (SSSR count). The van der Waals surface area contributed by atoms with Crippen molar-refractivity contribution in [3.8, 4) is 0 Å². The normalized spacial score (nSPS) is 11.4. The van der Waals surface area contributed by atoms with Crippen LogP contribution in [0.4, 0.5) is 11.9 Å². The lowest BCUT2D eigenvalue weighted by Gasteiger charge is -2.24. The number of nitrogens with one attached hydrogen (secondary N) is 2. The van der Waals surface area contributed by atoms with Crippen LogP contribution >= 0.6 is 11.6 Å². The molecule has 6 nitrogen and oxygen atoms in total. The molecule has 0 radical (unpaired) electrons. The molecular formula is C11H20ClN5O. The molecule has 0 aliphatic rings. The Hall–Kier alpha value is -1.14. The number of halogens is 1. The molecule has 0 aromatic carbocycles. The number of anilines is 2. The van der Waals surface area contributed by atoms with Gasteiger partial charge in [-0.05, 0) is 39.3 Å². The largest absolute Gasteiger partial charge is 0.374 e. The summed E-state index contributed by atoms with van der Waals surface area (Å²) in [5.74, 6) is 0.910. The maximum Gasteiger partial charge on any atom is 0.228 e. The third-order valence-electron chi connectivity index (χ3n) is 2.15. The average Bonchev–Trinajstić information content (AvgIpc) is 2.26. The summed E-state index contributed by atoms with van der Waals surface area (Å²) in [6.07, 6.45) is 0. The lowest BCUT2D eigenvalue weighted by molar-refractivity contribution is 0.000580. The fraction of sp³-hybridized carbons (Fsp3) is 0.727. The van der Waals surface area contributed by atoms with E-state index in [0.717, 1.165) is 6.54 Å². The fourth-order valence-corrected chi connectivity index (χ4v) is 1.56. The Kier molecular flexibility index (Phi) is 5.55. The highest BCUT2D eigenvalue weighted by Gasteiger charge is 2.18. The Labute approximate surface area is 113 Å². The number of rotatable bonds is 7. The summed E-state index contributed by atoms with van der Waals surface area (Å²) in [6.45, 7) is 9.90. The number of aromatic nitrogens is 3. The molecule has 0 unspecified atom stereocenters. The molecule has 0 aliphatic carbocycles. The van der Waals surface area contributed by atoms with Crippen LogP contribution in [0.15, 0.2) is 0 Å². The lowest BCUT2D eigenvalue weighted by atomic mass is 10.1. The predicted octanol–water partition coefficient (Wildman–Crippen LogP) is 2.18. The van der Waals surface area contributed by atoms with Crippen molar-refractivity contribution in [1.29, 1.82) is 0 Å². The van der Waals surface area contributed by atoms with E-state index in [2.05, 4.69) is 25.6 Å². The molecule has 0 aliphatic heterocycles.